The van der Waals surface area contributed by atoms with Gasteiger partial charge in [-0.3, -0.25) is 4.90 Å². The zero-order valence-electron chi connectivity index (χ0n) is 10.2. The molecule has 1 aliphatic heterocycles. The molecule has 0 unspecified atom stereocenters. The molecule has 0 spiro atoms. The highest BCUT2D eigenvalue weighted by molar-refractivity contribution is 4.86. The fraction of sp³-hybridized carbons (Fsp3) is 0.818. The molecule has 2 rings (SSSR count). The Kier molecular flexibility index (Phi) is 3.90. The van der Waals surface area contributed by atoms with Gasteiger partial charge in [-0.15, -0.1) is 0 Å². The summed E-state index contributed by atoms with van der Waals surface area (Å²) in [4.78, 5) is 6.78. The van der Waals surface area contributed by atoms with E-state index in [1.807, 2.05) is 11.7 Å². The van der Waals surface area contributed by atoms with Crippen LogP contribution in [0.1, 0.15) is 25.6 Å². The summed E-state index contributed by atoms with van der Waals surface area (Å²) < 4.78 is 1.98. The molecule has 90 valence electrons. The maximum Gasteiger partial charge on any atom is 0.140 e. The smallest absolute Gasteiger partial charge is 0.140 e. The van der Waals surface area contributed by atoms with Crippen molar-refractivity contribution < 1.29 is 0 Å². The highest BCUT2D eigenvalue weighted by Crippen LogP contribution is 2.12. The van der Waals surface area contributed by atoms with Gasteiger partial charge in [-0.2, -0.15) is 5.10 Å². The number of nitrogens with one attached hydrogen (secondary N) is 1. The van der Waals surface area contributed by atoms with Crippen LogP contribution in [0.4, 0.5) is 0 Å². The van der Waals surface area contributed by atoms with Crippen LogP contribution in [-0.2, 0) is 13.1 Å². The van der Waals surface area contributed by atoms with E-state index in [9.17, 15) is 0 Å². The minimum absolute atomic E-state index is 0.695. The Morgan fingerprint density at radius 3 is 2.81 bits per heavy atom. The third-order valence-corrected chi connectivity index (χ3v) is 3.36. The Morgan fingerprint density at radius 1 is 1.44 bits per heavy atom. The van der Waals surface area contributed by atoms with Crippen LogP contribution >= 0.6 is 0 Å². The van der Waals surface area contributed by atoms with E-state index in [-0.39, 0.29) is 0 Å². The second-order valence-corrected chi connectivity index (χ2v) is 4.33. The normalized spacial score (nSPS) is 19.1. The van der Waals surface area contributed by atoms with Crippen LogP contribution in [0.25, 0.3) is 0 Å². The number of aromatic nitrogens is 3. The van der Waals surface area contributed by atoms with Gasteiger partial charge in [0.05, 0.1) is 6.54 Å². The molecule has 5 nitrogen and oxygen atoms in total. The van der Waals surface area contributed by atoms with Gasteiger partial charge in [-0.1, -0.05) is 0 Å². The molecule has 0 saturated carbocycles. The lowest BCUT2D eigenvalue weighted by Gasteiger charge is -2.31. The number of nitrogens with zero attached hydrogens (tertiary/aromatic N) is 4. The molecular formula is C11H21N5. The molecule has 1 saturated heterocycles. The molecule has 16 heavy (non-hydrogen) atoms. The quantitative estimate of drug-likeness (QED) is 0.806. The lowest BCUT2D eigenvalue weighted by Crippen LogP contribution is -2.41. The van der Waals surface area contributed by atoms with Crippen molar-refractivity contribution in [3.05, 3.63) is 12.2 Å². The molecule has 2 heterocycles. The first-order valence-corrected chi connectivity index (χ1v) is 6.09. The van der Waals surface area contributed by atoms with Crippen LogP contribution in [0.15, 0.2) is 6.33 Å². The lowest BCUT2D eigenvalue weighted by molar-refractivity contribution is 0.188. The summed E-state index contributed by atoms with van der Waals surface area (Å²) in [6, 6.07) is 0.695. The van der Waals surface area contributed by atoms with Crippen LogP contribution in [0.2, 0.25) is 0 Å². The molecule has 1 aromatic rings. The highest BCUT2D eigenvalue weighted by atomic mass is 15.3. The monoisotopic (exact) mass is 223 g/mol. The lowest BCUT2D eigenvalue weighted by atomic mass is 10.1. The number of rotatable bonds is 4. The van der Waals surface area contributed by atoms with Crippen LogP contribution in [0.3, 0.4) is 0 Å². The van der Waals surface area contributed by atoms with Crippen molar-refractivity contribution in [2.75, 3.05) is 20.1 Å². The number of aryl methyl sites for hydroxylation is 1. The van der Waals surface area contributed by atoms with E-state index < -0.39 is 0 Å². The van der Waals surface area contributed by atoms with Crippen molar-refractivity contribution in [2.45, 2.75) is 38.9 Å². The number of hydrogen-bond acceptors (Lipinski definition) is 4. The van der Waals surface area contributed by atoms with Gasteiger partial charge in [0.1, 0.15) is 12.2 Å². The highest BCUT2D eigenvalue weighted by Gasteiger charge is 2.18. The summed E-state index contributed by atoms with van der Waals surface area (Å²) >= 11 is 0. The van der Waals surface area contributed by atoms with Gasteiger partial charge in [0.15, 0.2) is 0 Å². The van der Waals surface area contributed by atoms with Crippen molar-refractivity contribution in [1.29, 1.82) is 0 Å². The van der Waals surface area contributed by atoms with Crippen LogP contribution in [0.5, 0.6) is 0 Å². The Hall–Kier alpha value is -0.940. The first kappa shape index (κ1) is 11.5. The average Bonchev–Trinajstić information content (AvgIpc) is 2.77. The molecule has 0 aromatic carbocycles. The van der Waals surface area contributed by atoms with Gasteiger partial charge in [0, 0.05) is 25.7 Å². The maximum absolute atomic E-state index is 4.31. The fourth-order valence-electron chi connectivity index (χ4n) is 2.25. The first-order valence-electron chi connectivity index (χ1n) is 6.09. The summed E-state index contributed by atoms with van der Waals surface area (Å²) in [6.07, 6.45) is 4.12. The van der Waals surface area contributed by atoms with Crippen molar-refractivity contribution in [3.8, 4) is 0 Å². The molecule has 5 heteroatoms. The van der Waals surface area contributed by atoms with E-state index in [4.69, 9.17) is 0 Å². The summed E-state index contributed by atoms with van der Waals surface area (Å²) in [5.41, 5.74) is 0. The van der Waals surface area contributed by atoms with E-state index in [1.54, 1.807) is 6.33 Å². The molecule has 1 fully saturated rings. The van der Waals surface area contributed by atoms with E-state index in [0.717, 1.165) is 32.0 Å². The Balaban J connectivity index is 1.87. The zero-order chi connectivity index (χ0) is 11.4. The van der Waals surface area contributed by atoms with E-state index in [0.29, 0.717) is 6.04 Å². The average molecular weight is 223 g/mol. The summed E-state index contributed by atoms with van der Waals surface area (Å²) in [5.74, 6) is 1.09. The van der Waals surface area contributed by atoms with Gasteiger partial charge < -0.3 is 5.32 Å². The first-order chi connectivity index (χ1) is 7.83. The molecule has 0 aliphatic carbocycles. The molecule has 1 aliphatic rings. The predicted molar refractivity (Wildman–Crippen MR) is 63.1 cm³/mol. The van der Waals surface area contributed by atoms with Crippen LogP contribution in [0, 0.1) is 0 Å². The van der Waals surface area contributed by atoms with Gasteiger partial charge in [-0.25, -0.2) is 9.67 Å². The van der Waals surface area contributed by atoms with Crippen molar-refractivity contribution in [1.82, 2.24) is 25.0 Å². The summed E-state index contributed by atoms with van der Waals surface area (Å²) in [5, 5.41) is 7.54. The molecule has 0 bridgehead atoms. The third-order valence-electron chi connectivity index (χ3n) is 3.36. The summed E-state index contributed by atoms with van der Waals surface area (Å²) in [6.45, 7) is 6.25. The van der Waals surface area contributed by atoms with Crippen molar-refractivity contribution in [2.24, 2.45) is 0 Å². The molecular weight excluding hydrogens is 202 g/mol. The Morgan fingerprint density at radius 2 is 2.19 bits per heavy atom. The second kappa shape index (κ2) is 5.41. The minimum Gasteiger partial charge on any atom is -0.317 e. The zero-order valence-corrected chi connectivity index (χ0v) is 10.2. The fourth-order valence-corrected chi connectivity index (χ4v) is 2.25. The van der Waals surface area contributed by atoms with E-state index in [2.05, 4.69) is 27.2 Å². The molecule has 0 amide bonds. The predicted octanol–water partition coefficient (Wildman–Crippen LogP) is 0.482. The number of piperidine rings is 1. The van der Waals surface area contributed by atoms with Gasteiger partial charge >= 0.3 is 0 Å². The molecule has 0 radical (unpaired) electrons. The Labute approximate surface area is 96.8 Å². The number of likely N-dealkylation sites (tertiary alicyclic amines) is 1. The Bertz CT molecular complexity index is 314. The van der Waals surface area contributed by atoms with Gasteiger partial charge in [-0.05, 0) is 26.8 Å². The molecule has 1 N–H and O–H groups in total. The van der Waals surface area contributed by atoms with Crippen molar-refractivity contribution >= 4 is 0 Å². The largest absolute Gasteiger partial charge is 0.317 e. The topological polar surface area (TPSA) is 46.0 Å². The molecule has 1 aromatic heterocycles. The van der Waals surface area contributed by atoms with E-state index >= 15 is 0 Å². The molecule has 0 atom stereocenters. The maximum atomic E-state index is 4.31. The van der Waals surface area contributed by atoms with Crippen molar-refractivity contribution in [3.63, 3.8) is 0 Å². The standard InChI is InChI=1S/C11H21N5/c1-3-16-11(13-9-14-16)8-15-6-4-10(12-2)5-7-15/h9-10,12H,3-8H2,1-2H3. The third kappa shape index (κ3) is 2.59. The van der Waals surface area contributed by atoms with Gasteiger partial charge in [0.2, 0.25) is 0 Å². The van der Waals surface area contributed by atoms with E-state index in [1.165, 1.54) is 12.8 Å². The minimum atomic E-state index is 0.695. The summed E-state index contributed by atoms with van der Waals surface area (Å²) in [7, 11) is 2.05. The van der Waals surface area contributed by atoms with Crippen LogP contribution in [-0.4, -0.2) is 45.8 Å². The van der Waals surface area contributed by atoms with Gasteiger partial charge in [0.25, 0.3) is 0 Å². The SMILES string of the molecule is CCn1ncnc1CN1CCC(NC)CC1. The second-order valence-electron chi connectivity index (χ2n) is 4.33. The van der Waals surface area contributed by atoms with Crippen LogP contribution < -0.4 is 5.32 Å². The number of hydrogen-bond donors (Lipinski definition) is 1.